The lowest BCUT2D eigenvalue weighted by Gasteiger charge is -2.08. The smallest absolute Gasteiger partial charge is 0.270 e. The fourth-order valence-electron chi connectivity index (χ4n) is 2.89. The first kappa shape index (κ1) is 20.9. The van der Waals surface area contributed by atoms with Gasteiger partial charge in [0.25, 0.3) is 11.2 Å². The quantitative estimate of drug-likeness (QED) is 0.297. The average molecular weight is 521 g/mol. The number of nitro groups is 1. The van der Waals surface area contributed by atoms with E-state index < -0.39 is 4.92 Å². The van der Waals surface area contributed by atoms with Gasteiger partial charge in [0.15, 0.2) is 0 Å². The average Bonchev–Trinajstić information content (AvgIpc) is 2.69. The highest BCUT2D eigenvalue weighted by atomic mass is 79.9. The van der Waals surface area contributed by atoms with E-state index >= 15 is 0 Å². The molecular formula is C20H15Br2N3O4. The standard InChI is InChI=1S/C11H9BrN2O3.C9H6BrNO/c1-2-13-10-4-3-8(14(16)17)5-7(10)6-9(12)11(13)15;10-7-2-3-8-6(5-7)1-4-9(12)11-8/h3-6H,2H2,1H3;1-5H,(H,11,12). The molecule has 1 N–H and O–H groups in total. The van der Waals surface area contributed by atoms with Crippen molar-refractivity contribution in [3.63, 3.8) is 0 Å². The van der Waals surface area contributed by atoms with Crippen LogP contribution in [-0.2, 0) is 6.54 Å². The van der Waals surface area contributed by atoms with Crippen LogP contribution < -0.4 is 11.1 Å². The number of pyridine rings is 2. The summed E-state index contributed by atoms with van der Waals surface area (Å²) in [6, 6.07) is 15.1. The monoisotopic (exact) mass is 519 g/mol. The van der Waals surface area contributed by atoms with E-state index in [0.717, 1.165) is 15.4 Å². The highest BCUT2D eigenvalue weighted by Crippen LogP contribution is 2.22. The summed E-state index contributed by atoms with van der Waals surface area (Å²) in [4.78, 5) is 35.7. The van der Waals surface area contributed by atoms with Gasteiger partial charge in [0.2, 0.25) is 5.56 Å². The van der Waals surface area contributed by atoms with Crippen molar-refractivity contribution in [1.29, 1.82) is 0 Å². The molecular weight excluding hydrogens is 506 g/mol. The van der Waals surface area contributed by atoms with Crippen LogP contribution in [0.2, 0.25) is 0 Å². The van der Waals surface area contributed by atoms with Crippen LogP contribution in [0.1, 0.15) is 6.92 Å². The van der Waals surface area contributed by atoms with Crippen LogP contribution in [0.25, 0.3) is 21.8 Å². The number of rotatable bonds is 2. The topological polar surface area (TPSA) is 98.0 Å². The maximum atomic E-state index is 11.8. The molecule has 9 heteroatoms. The summed E-state index contributed by atoms with van der Waals surface area (Å²) < 4.78 is 3.00. The molecule has 0 amide bonds. The van der Waals surface area contributed by atoms with Gasteiger partial charge >= 0.3 is 0 Å². The zero-order chi connectivity index (χ0) is 21.1. The van der Waals surface area contributed by atoms with Crippen LogP contribution in [0.4, 0.5) is 5.69 Å². The Morgan fingerprint density at radius 2 is 1.76 bits per heavy atom. The number of aryl methyl sites for hydroxylation is 1. The van der Waals surface area contributed by atoms with Gasteiger partial charge in [-0.2, -0.15) is 0 Å². The third-order valence-corrected chi connectivity index (χ3v) is 5.31. The Morgan fingerprint density at radius 3 is 2.45 bits per heavy atom. The maximum Gasteiger partial charge on any atom is 0.270 e. The van der Waals surface area contributed by atoms with Gasteiger partial charge < -0.3 is 9.55 Å². The first-order valence-electron chi connectivity index (χ1n) is 8.56. The Hall–Kier alpha value is -2.78. The predicted octanol–water partition coefficient (Wildman–Crippen LogP) is 4.98. The van der Waals surface area contributed by atoms with Gasteiger partial charge in [-0.15, -0.1) is 0 Å². The van der Waals surface area contributed by atoms with Gasteiger partial charge in [-0.3, -0.25) is 19.7 Å². The van der Waals surface area contributed by atoms with Crippen molar-refractivity contribution >= 4 is 59.4 Å². The van der Waals surface area contributed by atoms with Crippen molar-refractivity contribution in [3.05, 3.63) is 94.4 Å². The molecule has 0 saturated heterocycles. The van der Waals surface area contributed by atoms with Crippen molar-refractivity contribution in [1.82, 2.24) is 9.55 Å². The van der Waals surface area contributed by atoms with Crippen molar-refractivity contribution in [3.8, 4) is 0 Å². The SMILES string of the molecule is CCn1c(=O)c(Br)cc2cc([N+](=O)[O-])ccc21.O=c1ccc2cc(Br)ccc2[nH]1. The van der Waals surface area contributed by atoms with E-state index in [9.17, 15) is 19.7 Å². The van der Waals surface area contributed by atoms with Crippen molar-refractivity contribution < 1.29 is 4.92 Å². The van der Waals surface area contributed by atoms with E-state index in [4.69, 9.17) is 0 Å². The number of fused-ring (bicyclic) bond motifs is 2. The predicted molar refractivity (Wildman–Crippen MR) is 121 cm³/mol. The number of H-pyrrole nitrogens is 1. The molecule has 0 aliphatic rings. The molecule has 4 rings (SSSR count). The molecule has 0 aliphatic carbocycles. The number of non-ortho nitro benzene ring substituents is 1. The van der Waals surface area contributed by atoms with Gasteiger partial charge in [0, 0.05) is 40.1 Å². The first-order valence-corrected chi connectivity index (χ1v) is 10.1. The Bertz CT molecular complexity index is 1350. The summed E-state index contributed by atoms with van der Waals surface area (Å²) in [5, 5.41) is 12.4. The third-order valence-electron chi connectivity index (χ3n) is 4.25. The highest BCUT2D eigenvalue weighted by molar-refractivity contribution is 9.10. The zero-order valence-electron chi connectivity index (χ0n) is 15.2. The molecule has 148 valence electrons. The van der Waals surface area contributed by atoms with E-state index in [1.54, 1.807) is 22.8 Å². The minimum absolute atomic E-state index is 0.0192. The highest BCUT2D eigenvalue weighted by Gasteiger charge is 2.10. The molecule has 0 radical (unpaired) electrons. The summed E-state index contributed by atoms with van der Waals surface area (Å²) in [6.07, 6.45) is 0. The molecule has 0 bridgehead atoms. The molecule has 29 heavy (non-hydrogen) atoms. The Balaban J connectivity index is 0.000000176. The van der Waals surface area contributed by atoms with Gasteiger partial charge in [-0.25, -0.2) is 0 Å². The van der Waals surface area contributed by atoms with Gasteiger partial charge in [0.1, 0.15) is 0 Å². The fourth-order valence-corrected chi connectivity index (χ4v) is 3.73. The number of nitro benzene ring substituents is 1. The second-order valence-corrected chi connectivity index (χ2v) is 7.87. The van der Waals surface area contributed by atoms with E-state index in [-0.39, 0.29) is 16.8 Å². The lowest BCUT2D eigenvalue weighted by molar-refractivity contribution is -0.384. The van der Waals surface area contributed by atoms with E-state index in [2.05, 4.69) is 36.8 Å². The van der Waals surface area contributed by atoms with Crippen LogP contribution in [0.15, 0.2) is 73.1 Å². The second-order valence-electron chi connectivity index (χ2n) is 6.10. The fraction of sp³-hybridized carbons (Fsp3) is 0.100. The normalized spacial score (nSPS) is 10.6. The number of aromatic nitrogens is 2. The number of nitrogens with zero attached hydrogens (tertiary/aromatic N) is 2. The van der Waals surface area contributed by atoms with Crippen molar-refractivity contribution in [2.24, 2.45) is 0 Å². The van der Waals surface area contributed by atoms with Crippen LogP contribution in [0, 0.1) is 10.1 Å². The number of benzene rings is 2. The number of hydrogen-bond acceptors (Lipinski definition) is 4. The van der Waals surface area contributed by atoms with Crippen molar-refractivity contribution in [2.45, 2.75) is 13.5 Å². The Kier molecular flexibility index (Phi) is 6.29. The van der Waals surface area contributed by atoms with Crippen LogP contribution >= 0.6 is 31.9 Å². The number of halogens is 2. The number of aromatic amines is 1. The van der Waals surface area contributed by atoms with Crippen molar-refractivity contribution in [2.75, 3.05) is 0 Å². The first-order chi connectivity index (χ1) is 13.8. The van der Waals surface area contributed by atoms with E-state index in [1.807, 2.05) is 25.1 Å². The minimum atomic E-state index is -0.450. The molecule has 0 aliphatic heterocycles. The number of hydrogen-bond donors (Lipinski definition) is 1. The molecule has 2 aromatic heterocycles. The van der Waals surface area contributed by atoms with Crippen LogP contribution in [0.3, 0.4) is 0 Å². The van der Waals surface area contributed by atoms with Gasteiger partial charge in [0.05, 0.1) is 14.9 Å². The molecule has 2 heterocycles. The molecule has 7 nitrogen and oxygen atoms in total. The summed E-state index contributed by atoms with van der Waals surface area (Å²) >= 11 is 6.53. The lowest BCUT2D eigenvalue weighted by atomic mass is 10.2. The van der Waals surface area contributed by atoms with E-state index in [1.165, 1.54) is 18.2 Å². The Labute approximate surface area is 181 Å². The minimum Gasteiger partial charge on any atom is -0.322 e. The molecule has 0 fully saturated rings. The Morgan fingerprint density at radius 1 is 1.00 bits per heavy atom. The molecule has 0 saturated carbocycles. The zero-order valence-corrected chi connectivity index (χ0v) is 18.4. The van der Waals surface area contributed by atoms with Gasteiger partial charge in [-0.05, 0) is 64.6 Å². The molecule has 0 spiro atoms. The van der Waals surface area contributed by atoms with Gasteiger partial charge in [-0.1, -0.05) is 15.9 Å². The molecule has 0 unspecified atom stereocenters. The van der Waals surface area contributed by atoms with E-state index in [0.29, 0.717) is 21.9 Å². The summed E-state index contributed by atoms with van der Waals surface area (Å²) in [5.41, 5.74) is 1.39. The third kappa shape index (κ3) is 4.63. The van der Waals surface area contributed by atoms with Crippen LogP contribution in [-0.4, -0.2) is 14.5 Å². The molecule has 0 atom stereocenters. The number of nitrogens with one attached hydrogen (secondary N) is 1. The second kappa shape index (κ2) is 8.71. The van der Waals surface area contributed by atoms with Crippen LogP contribution in [0.5, 0.6) is 0 Å². The maximum absolute atomic E-state index is 11.8. The summed E-state index contributed by atoms with van der Waals surface area (Å²) in [5.74, 6) is 0. The molecule has 2 aromatic carbocycles. The largest absolute Gasteiger partial charge is 0.322 e. The summed E-state index contributed by atoms with van der Waals surface area (Å²) in [6.45, 7) is 2.38. The lowest BCUT2D eigenvalue weighted by Crippen LogP contribution is -2.19. The molecule has 4 aromatic rings. The summed E-state index contributed by atoms with van der Waals surface area (Å²) in [7, 11) is 0.